The molecule has 11 nitrogen and oxygen atoms in total. The fourth-order valence-corrected chi connectivity index (χ4v) is 11.4. The summed E-state index contributed by atoms with van der Waals surface area (Å²) in [5, 5.41) is 2.69. The van der Waals surface area contributed by atoms with E-state index in [9.17, 15) is 19.0 Å². The Morgan fingerprint density at radius 3 is 2.42 bits per heavy atom. The highest BCUT2D eigenvalue weighted by Crippen LogP contribution is 2.67. The molecule has 310 valence electrons. The zero-order valence-electron chi connectivity index (χ0n) is 34.8. The Morgan fingerprint density at radius 2 is 1.71 bits per heavy atom. The number of amides is 1. The van der Waals surface area contributed by atoms with Crippen LogP contribution in [0.4, 0.5) is 9.59 Å². The van der Waals surface area contributed by atoms with Crippen LogP contribution in [0.2, 0.25) is 0 Å². The number of hydrogen-bond donors (Lipinski definition) is 2. The van der Waals surface area contributed by atoms with Crippen LogP contribution in [0.1, 0.15) is 105 Å². The van der Waals surface area contributed by atoms with Gasteiger partial charge in [0.15, 0.2) is 0 Å². The first-order chi connectivity index (χ1) is 25.9. The lowest BCUT2D eigenvalue weighted by Crippen LogP contribution is -2.51. The Kier molecular flexibility index (Phi) is 14.6. The number of carbonyl (C=O) groups excluding carboxylic acids is 2. The molecule has 3 fully saturated rings. The molecule has 0 radical (unpaired) electrons. The zero-order chi connectivity index (χ0) is 40.0. The van der Waals surface area contributed by atoms with E-state index in [-0.39, 0.29) is 24.7 Å². The van der Waals surface area contributed by atoms with Crippen LogP contribution in [-0.4, -0.2) is 81.3 Å². The number of phosphoric ester groups is 1. The number of phosphoric acid groups is 1. The summed E-state index contributed by atoms with van der Waals surface area (Å²) >= 11 is 0. The maximum absolute atomic E-state index is 13.3. The van der Waals surface area contributed by atoms with Crippen LogP contribution in [0, 0.1) is 46.3 Å². The van der Waals surface area contributed by atoms with E-state index in [1.54, 1.807) is 30.3 Å². The average molecular weight is 790 g/mol. The van der Waals surface area contributed by atoms with Crippen molar-refractivity contribution in [3.63, 3.8) is 0 Å². The van der Waals surface area contributed by atoms with Crippen LogP contribution < -0.4 is 10.1 Å². The largest absolute Gasteiger partial charge is 0.513 e. The first-order valence-electron chi connectivity index (χ1n) is 20.9. The van der Waals surface area contributed by atoms with E-state index in [1.807, 2.05) is 21.1 Å². The minimum Gasteiger partial charge on any atom is -0.446 e. The van der Waals surface area contributed by atoms with Gasteiger partial charge < -0.3 is 28.9 Å². The first-order valence-corrected chi connectivity index (χ1v) is 22.4. The molecule has 1 aromatic carbocycles. The topological polar surface area (TPSA) is 130 Å². The molecule has 0 aromatic heterocycles. The third-order valence-corrected chi connectivity index (χ3v) is 14.6. The number of nitrogens with one attached hydrogen (secondary N) is 1. The molecule has 12 heteroatoms. The van der Waals surface area contributed by atoms with Gasteiger partial charge in [0.2, 0.25) is 0 Å². The highest BCUT2D eigenvalue weighted by Gasteiger charge is 2.59. The van der Waals surface area contributed by atoms with E-state index in [0.717, 1.165) is 48.9 Å². The summed E-state index contributed by atoms with van der Waals surface area (Å²) in [6.45, 7) is 11.9. The fraction of sp³-hybridized carbons (Fsp3) is 0.767. The van der Waals surface area contributed by atoms with Crippen molar-refractivity contribution in [2.75, 3.05) is 47.5 Å². The highest BCUT2D eigenvalue weighted by atomic mass is 31.2. The van der Waals surface area contributed by atoms with Crippen molar-refractivity contribution in [3.8, 4) is 5.75 Å². The number of nitrogens with zero attached hydrogens (tertiary/aromatic N) is 1. The van der Waals surface area contributed by atoms with Crippen molar-refractivity contribution in [2.45, 2.75) is 117 Å². The van der Waals surface area contributed by atoms with E-state index in [0.29, 0.717) is 34.5 Å². The molecule has 0 heterocycles. The van der Waals surface area contributed by atoms with Crippen molar-refractivity contribution < 1.29 is 46.8 Å². The predicted molar refractivity (Wildman–Crippen MR) is 213 cm³/mol. The monoisotopic (exact) mass is 789 g/mol. The fourth-order valence-electron chi connectivity index (χ4n) is 10.7. The van der Waals surface area contributed by atoms with E-state index in [4.69, 9.17) is 23.3 Å². The summed E-state index contributed by atoms with van der Waals surface area (Å²) in [6, 6.07) is 7.43. The summed E-state index contributed by atoms with van der Waals surface area (Å²) in [4.78, 5) is 36.1. The van der Waals surface area contributed by atoms with Gasteiger partial charge in [-0.2, -0.15) is 0 Å². The van der Waals surface area contributed by atoms with Crippen LogP contribution in [0.25, 0.3) is 0 Å². The summed E-state index contributed by atoms with van der Waals surface area (Å²) in [7, 11) is 1.35. The molecule has 0 saturated heterocycles. The van der Waals surface area contributed by atoms with Gasteiger partial charge in [-0.3, -0.25) is 9.05 Å². The van der Waals surface area contributed by atoms with E-state index < -0.39 is 32.7 Å². The Morgan fingerprint density at radius 1 is 0.964 bits per heavy atom. The second-order valence-corrected chi connectivity index (χ2v) is 20.4. The Balaban J connectivity index is 1.17. The van der Waals surface area contributed by atoms with E-state index in [1.165, 1.54) is 50.5 Å². The number of rotatable bonds is 17. The number of quaternary nitrogens is 1. The van der Waals surface area contributed by atoms with Crippen LogP contribution in [0.5, 0.6) is 5.75 Å². The predicted octanol–water partition coefficient (Wildman–Crippen LogP) is 9.55. The molecule has 2 unspecified atom stereocenters. The van der Waals surface area contributed by atoms with Gasteiger partial charge in [-0.15, -0.1) is 0 Å². The van der Waals surface area contributed by atoms with Crippen molar-refractivity contribution in [1.29, 1.82) is 0 Å². The smallest absolute Gasteiger partial charge is 0.446 e. The molecule has 4 aliphatic carbocycles. The SMILES string of the molecule is CC(C)CCC[C@@H](C)[C@H]1CC[C@H]2[C@@H]3CC=C4C[C@@H](OC(=O)NC(COC(=O)Oc5ccccc5)COP(=O)(O)OCC[N+](C)(C)C)CC[C@]4(C)[C@H]3CC[C@]12C. The van der Waals surface area contributed by atoms with Crippen LogP contribution in [0.3, 0.4) is 0 Å². The molecular formula is C43H70N2O9P+. The average Bonchev–Trinajstić information content (AvgIpc) is 3.46. The van der Waals surface area contributed by atoms with Crippen molar-refractivity contribution in [3.05, 3.63) is 42.0 Å². The number of hydrogen-bond acceptors (Lipinski definition) is 8. The van der Waals surface area contributed by atoms with Crippen LogP contribution >= 0.6 is 7.82 Å². The molecule has 4 aliphatic rings. The molecular weight excluding hydrogens is 719 g/mol. The Hall–Kier alpha value is -2.43. The van der Waals surface area contributed by atoms with Crippen LogP contribution in [-0.2, 0) is 23.1 Å². The van der Waals surface area contributed by atoms with Gasteiger partial charge in [0.1, 0.15) is 31.6 Å². The van der Waals surface area contributed by atoms with E-state index >= 15 is 0 Å². The quantitative estimate of drug-likeness (QED) is 0.0521. The van der Waals surface area contributed by atoms with Gasteiger partial charge in [0.25, 0.3) is 0 Å². The lowest BCUT2D eigenvalue weighted by atomic mass is 9.47. The summed E-state index contributed by atoms with van der Waals surface area (Å²) in [5.74, 6) is 4.83. The summed E-state index contributed by atoms with van der Waals surface area (Å²) in [5.41, 5.74) is 1.96. The second kappa shape index (κ2) is 18.4. The van der Waals surface area contributed by atoms with Gasteiger partial charge >= 0.3 is 20.1 Å². The molecule has 10 atom stereocenters. The molecule has 0 aliphatic heterocycles. The lowest BCUT2D eigenvalue weighted by Gasteiger charge is -2.58. The number of allylic oxidation sites excluding steroid dienone is 1. The second-order valence-electron chi connectivity index (χ2n) is 19.0. The highest BCUT2D eigenvalue weighted by molar-refractivity contribution is 7.47. The molecule has 1 amide bonds. The number of fused-ring (bicyclic) bond motifs is 5. The van der Waals surface area contributed by atoms with Crippen molar-refractivity contribution >= 4 is 20.1 Å². The van der Waals surface area contributed by atoms with Gasteiger partial charge in [-0.05, 0) is 103 Å². The number of carbonyl (C=O) groups is 2. The Labute approximate surface area is 330 Å². The Bertz CT molecular complexity index is 1510. The van der Waals surface area contributed by atoms with Gasteiger partial charge in [-0.25, -0.2) is 14.2 Å². The van der Waals surface area contributed by atoms with Gasteiger partial charge in [0.05, 0.1) is 33.8 Å². The summed E-state index contributed by atoms with van der Waals surface area (Å²) < 4.78 is 40.0. The van der Waals surface area contributed by atoms with Crippen molar-refractivity contribution in [2.24, 2.45) is 46.3 Å². The minimum atomic E-state index is -4.46. The lowest BCUT2D eigenvalue weighted by molar-refractivity contribution is -0.870. The minimum absolute atomic E-state index is 0.00631. The molecule has 55 heavy (non-hydrogen) atoms. The molecule has 0 bridgehead atoms. The third-order valence-electron chi connectivity index (χ3n) is 13.7. The number of alkyl carbamates (subject to hydrolysis) is 1. The molecule has 2 N–H and O–H groups in total. The third kappa shape index (κ3) is 11.6. The first kappa shape index (κ1) is 43.7. The molecule has 5 rings (SSSR count). The number of ether oxygens (including phenoxy) is 3. The van der Waals surface area contributed by atoms with E-state index in [2.05, 4.69) is 46.0 Å². The normalized spacial score (nSPS) is 31.2. The summed E-state index contributed by atoms with van der Waals surface area (Å²) in [6.07, 6.45) is 13.4. The number of para-hydroxylation sites is 1. The van der Waals surface area contributed by atoms with Gasteiger partial charge in [0, 0.05) is 6.42 Å². The standard InChI is InChI=1S/C43H69N2O9P/c1-30(2)13-12-14-31(3)37-19-20-38-36-18-17-32-27-35(21-23-42(32,4)39(36)22-24-43(37,38)5)53-40(46)44-33(28-50-41(47)54-34-15-10-9-11-16-34)29-52-55(48,49)51-26-25-45(6,7)8/h9-11,15-17,30-31,33,35-39H,12-14,18-29H2,1-8H3,(H-,44,46,48,49)/p+1/t31-,33?,35+,36+,37-,38+,39+,42+,43-/m1/s1. The number of benzene rings is 1. The zero-order valence-corrected chi connectivity index (χ0v) is 35.7. The molecule has 3 saturated carbocycles. The molecule has 1 aromatic rings. The maximum atomic E-state index is 13.3. The van der Waals surface area contributed by atoms with Crippen LogP contribution in [0.15, 0.2) is 42.0 Å². The number of likely N-dealkylation sites (N-methyl/N-ethyl adjacent to an activating group) is 1. The van der Waals surface area contributed by atoms with Crippen molar-refractivity contribution in [1.82, 2.24) is 5.32 Å². The molecule has 0 spiro atoms. The van der Waals surface area contributed by atoms with Gasteiger partial charge in [-0.1, -0.05) is 83.7 Å². The maximum Gasteiger partial charge on any atom is 0.513 e.